The highest BCUT2D eigenvalue weighted by atomic mass is 16.3. The lowest BCUT2D eigenvalue weighted by Crippen LogP contribution is -1.81. The molecule has 1 heterocycles. The van der Waals surface area contributed by atoms with Crippen LogP contribution in [0.1, 0.15) is 5.56 Å². The molecule has 1 aromatic heterocycles. The molecule has 0 unspecified atom stereocenters. The van der Waals surface area contributed by atoms with Crippen molar-refractivity contribution in [3.63, 3.8) is 0 Å². The first kappa shape index (κ1) is 15.0. The third-order valence-electron chi connectivity index (χ3n) is 4.15. The molecule has 0 aliphatic carbocycles. The predicted molar refractivity (Wildman–Crippen MR) is 99.7 cm³/mol. The number of rotatable bonds is 3. The summed E-state index contributed by atoms with van der Waals surface area (Å²) in [5, 5.41) is 9.02. The van der Waals surface area contributed by atoms with Crippen molar-refractivity contribution in [2.24, 2.45) is 0 Å². The zero-order valence-corrected chi connectivity index (χ0v) is 13.5. The first-order valence-electron chi connectivity index (χ1n) is 8.10. The number of benzene rings is 3. The summed E-state index contributed by atoms with van der Waals surface area (Å²) in [6, 6.07) is 32.0. The maximum atomic E-state index is 9.02. The molecule has 0 spiro atoms. The van der Waals surface area contributed by atoms with Crippen LogP contribution in [0, 0.1) is 11.3 Å². The summed E-state index contributed by atoms with van der Waals surface area (Å²) >= 11 is 0. The summed E-state index contributed by atoms with van der Waals surface area (Å²) in [5.41, 5.74) is 4.78. The molecule has 0 aliphatic rings. The van der Waals surface area contributed by atoms with E-state index in [9.17, 15) is 0 Å². The highest BCUT2D eigenvalue weighted by molar-refractivity contribution is 5.83. The van der Waals surface area contributed by atoms with Crippen LogP contribution < -0.4 is 0 Å². The Labute approximate surface area is 146 Å². The molecule has 118 valence electrons. The average molecular weight is 321 g/mol. The fourth-order valence-electron chi connectivity index (χ4n) is 2.88. The number of hydrogen-bond acceptors (Lipinski definition) is 2. The van der Waals surface area contributed by atoms with Crippen LogP contribution in [0.4, 0.5) is 0 Å². The van der Waals surface area contributed by atoms with Crippen molar-refractivity contribution in [1.29, 1.82) is 5.26 Å². The molecular formula is C23H15NO. The Bertz CT molecular complexity index is 1020. The van der Waals surface area contributed by atoms with Gasteiger partial charge >= 0.3 is 0 Å². The van der Waals surface area contributed by atoms with Gasteiger partial charge < -0.3 is 4.42 Å². The summed E-state index contributed by atoms with van der Waals surface area (Å²) in [5.74, 6) is 1.67. The van der Waals surface area contributed by atoms with E-state index in [1.165, 1.54) is 0 Å². The Hall–Kier alpha value is -3.57. The Morgan fingerprint density at radius 1 is 0.640 bits per heavy atom. The van der Waals surface area contributed by atoms with Crippen molar-refractivity contribution in [1.82, 2.24) is 0 Å². The Balaban J connectivity index is 1.89. The van der Waals surface area contributed by atoms with Crippen LogP contribution in [0.5, 0.6) is 0 Å². The molecule has 0 fully saturated rings. The minimum atomic E-state index is 0.650. The van der Waals surface area contributed by atoms with Crippen molar-refractivity contribution in [2.45, 2.75) is 0 Å². The second-order valence-corrected chi connectivity index (χ2v) is 5.77. The van der Waals surface area contributed by atoms with E-state index < -0.39 is 0 Å². The first-order chi connectivity index (χ1) is 12.3. The van der Waals surface area contributed by atoms with Crippen molar-refractivity contribution in [2.75, 3.05) is 0 Å². The largest absolute Gasteiger partial charge is 0.455 e. The van der Waals surface area contributed by atoms with E-state index >= 15 is 0 Å². The van der Waals surface area contributed by atoms with Crippen LogP contribution >= 0.6 is 0 Å². The molecule has 4 rings (SSSR count). The van der Waals surface area contributed by atoms with Crippen LogP contribution in [0.25, 0.3) is 33.8 Å². The lowest BCUT2D eigenvalue weighted by atomic mass is 10.0. The van der Waals surface area contributed by atoms with Gasteiger partial charge in [0.2, 0.25) is 0 Å². The molecule has 2 heteroatoms. The second kappa shape index (κ2) is 6.51. The number of furan rings is 1. The van der Waals surface area contributed by atoms with Gasteiger partial charge in [-0.2, -0.15) is 5.26 Å². The van der Waals surface area contributed by atoms with Gasteiger partial charge in [-0.25, -0.2) is 0 Å². The topological polar surface area (TPSA) is 36.9 Å². The first-order valence-corrected chi connectivity index (χ1v) is 8.10. The Morgan fingerprint density at radius 2 is 1.24 bits per heavy atom. The average Bonchev–Trinajstić information content (AvgIpc) is 3.15. The molecule has 3 aromatic carbocycles. The number of nitriles is 1. The molecular weight excluding hydrogens is 306 g/mol. The highest BCUT2D eigenvalue weighted by Gasteiger charge is 2.15. The van der Waals surface area contributed by atoms with E-state index in [-0.39, 0.29) is 0 Å². The SMILES string of the molecule is N#Cc1ccc(-c2cc(-c3ccccc3)oc2-c2ccccc2)cc1. The van der Waals surface area contributed by atoms with Crippen LogP contribution in [0.2, 0.25) is 0 Å². The monoisotopic (exact) mass is 321 g/mol. The molecule has 0 aliphatic heterocycles. The van der Waals surface area contributed by atoms with Gasteiger partial charge in [-0.3, -0.25) is 0 Å². The molecule has 0 N–H and O–H groups in total. The molecule has 0 saturated heterocycles. The second-order valence-electron chi connectivity index (χ2n) is 5.77. The third kappa shape index (κ3) is 2.96. The standard InChI is InChI=1S/C23H15NO/c24-16-17-11-13-18(14-12-17)21-15-22(19-7-3-1-4-8-19)25-23(21)20-9-5-2-6-10-20/h1-15H. The Morgan fingerprint density at radius 3 is 1.84 bits per heavy atom. The van der Waals surface area contributed by atoms with E-state index in [2.05, 4.69) is 12.1 Å². The van der Waals surface area contributed by atoms with Crippen LogP contribution in [-0.2, 0) is 0 Å². The van der Waals surface area contributed by atoms with Gasteiger partial charge in [0.05, 0.1) is 11.6 Å². The lowest BCUT2D eigenvalue weighted by molar-refractivity contribution is 0.598. The van der Waals surface area contributed by atoms with Gasteiger partial charge in [0.15, 0.2) is 0 Å². The van der Waals surface area contributed by atoms with Gasteiger partial charge in [0, 0.05) is 16.7 Å². The molecule has 2 nitrogen and oxygen atoms in total. The van der Waals surface area contributed by atoms with Crippen molar-refractivity contribution < 1.29 is 4.42 Å². The Kier molecular flexibility index (Phi) is 3.90. The summed E-state index contributed by atoms with van der Waals surface area (Å²) < 4.78 is 6.23. The summed E-state index contributed by atoms with van der Waals surface area (Å²) in [6.45, 7) is 0. The minimum Gasteiger partial charge on any atom is -0.455 e. The molecule has 0 bridgehead atoms. The van der Waals surface area contributed by atoms with Crippen LogP contribution in [0.3, 0.4) is 0 Å². The third-order valence-corrected chi connectivity index (χ3v) is 4.15. The van der Waals surface area contributed by atoms with Crippen molar-refractivity contribution in [3.8, 4) is 39.8 Å². The number of nitrogens with zero attached hydrogens (tertiary/aromatic N) is 1. The normalized spacial score (nSPS) is 10.4. The minimum absolute atomic E-state index is 0.650. The quantitative estimate of drug-likeness (QED) is 0.453. The maximum absolute atomic E-state index is 9.02. The van der Waals surface area contributed by atoms with Gasteiger partial charge in [0.25, 0.3) is 0 Å². The van der Waals surface area contributed by atoms with Gasteiger partial charge in [0.1, 0.15) is 11.5 Å². The molecule has 0 saturated carbocycles. The van der Waals surface area contributed by atoms with E-state index in [0.717, 1.165) is 33.8 Å². The lowest BCUT2D eigenvalue weighted by Gasteiger charge is -2.03. The zero-order valence-electron chi connectivity index (χ0n) is 13.5. The molecule has 0 amide bonds. The van der Waals surface area contributed by atoms with Gasteiger partial charge in [-0.05, 0) is 23.8 Å². The molecule has 25 heavy (non-hydrogen) atoms. The predicted octanol–water partition coefficient (Wildman–Crippen LogP) is 6.15. The fourth-order valence-corrected chi connectivity index (χ4v) is 2.88. The number of hydrogen-bond donors (Lipinski definition) is 0. The van der Waals surface area contributed by atoms with Crippen molar-refractivity contribution in [3.05, 3.63) is 96.6 Å². The highest BCUT2D eigenvalue weighted by Crippen LogP contribution is 2.38. The maximum Gasteiger partial charge on any atom is 0.142 e. The summed E-state index contributed by atoms with van der Waals surface area (Å²) in [4.78, 5) is 0. The van der Waals surface area contributed by atoms with E-state index in [4.69, 9.17) is 9.68 Å². The van der Waals surface area contributed by atoms with Crippen LogP contribution in [-0.4, -0.2) is 0 Å². The molecule has 0 radical (unpaired) electrons. The fraction of sp³-hybridized carbons (Fsp3) is 0. The van der Waals surface area contributed by atoms with Crippen LogP contribution in [0.15, 0.2) is 95.4 Å². The molecule has 0 atom stereocenters. The smallest absolute Gasteiger partial charge is 0.142 e. The van der Waals surface area contributed by atoms with Gasteiger partial charge in [-0.15, -0.1) is 0 Å². The summed E-state index contributed by atoms with van der Waals surface area (Å²) in [7, 11) is 0. The zero-order chi connectivity index (χ0) is 17.1. The van der Waals surface area contributed by atoms with E-state index in [1.54, 1.807) is 0 Å². The van der Waals surface area contributed by atoms with Gasteiger partial charge in [-0.1, -0.05) is 72.8 Å². The van der Waals surface area contributed by atoms with E-state index in [0.29, 0.717) is 5.56 Å². The molecule has 4 aromatic rings. The van der Waals surface area contributed by atoms with Crippen molar-refractivity contribution >= 4 is 0 Å². The summed E-state index contributed by atoms with van der Waals surface area (Å²) in [6.07, 6.45) is 0. The van der Waals surface area contributed by atoms with E-state index in [1.807, 2.05) is 84.9 Å².